The summed E-state index contributed by atoms with van der Waals surface area (Å²) in [5, 5.41) is 27.2. The molecule has 110 valence electrons. The zero-order valence-corrected chi connectivity index (χ0v) is 12.1. The molecule has 0 fully saturated rings. The molecule has 2 rings (SSSR count). The number of benzene rings is 1. The van der Waals surface area contributed by atoms with Gasteiger partial charge in [0.05, 0.1) is 11.5 Å². The topological polar surface area (TPSA) is 92.5 Å². The van der Waals surface area contributed by atoms with Crippen molar-refractivity contribution in [3.63, 3.8) is 0 Å². The molecule has 0 spiro atoms. The van der Waals surface area contributed by atoms with Gasteiger partial charge in [-0.1, -0.05) is 6.07 Å². The lowest BCUT2D eigenvalue weighted by molar-refractivity contribution is -0.384. The van der Waals surface area contributed by atoms with Crippen molar-refractivity contribution in [2.45, 2.75) is 12.5 Å². The summed E-state index contributed by atoms with van der Waals surface area (Å²) in [5.41, 5.74) is -0.430. The number of hydrogen-bond acceptors (Lipinski definition) is 5. The van der Waals surface area contributed by atoms with Gasteiger partial charge in [0.2, 0.25) is 0 Å². The van der Waals surface area contributed by atoms with Crippen molar-refractivity contribution < 1.29 is 14.8 Å². The maximum Gasteiger partial charge on any atom is 0.270 e. The van der Waals surface area contributed by atoms with Crippen molar-refractivity contribution in [3.05, 3.63) is 62.3 Å². The number of nitro benzene ring substituents is 1. The van der Waals surface area contributed by atoms with Gasteiger partial charge in [-0.25, -0.2) is 0 Å². The van der Waals surface area contributed by atoms with E-state index in [0.29, 0.717) is 5.56 Å². The fraction of sp³-hybridized carbons (Fsp3) is 0.214. The number of amides is 1. The Balaban J connectivity index is 2.05. The van der Waals surface area contributed by atoms with E-state index in [2.05, 4.69) is 5.32 Å². The van der Waals surface area contributed by atoms with Crippen molar-refractivity contribution in [1.29, 1.82) is 0 Å². The van der Waals surface area contributed by atoms with E-state index in [-0.39, 0.29) is 17.8 Å². The Bertz CT molecular complexity index is 653. The maximum atomic E-state index is 12.0. The lowest BCUT2D eigenvalue weighted by atomic mass is 9.99. The molecule has 2 N–H and O–H groups in total. The fourth-order valence-electron chi connectivity index (χ4n) is 1.79. The summed E-state index contributed by atoms with van der Waals surface area (Å²) in [5.74, 6) is -0.464. The SMILES string of the molecule is CC(O)(CNC(=O)c1cccc([N+](=O)[O-])c1)c1ccsc1. The summed E-state index contributed by atoms with van der Waals surface area (Å²) in [4.78, 5) is 22.1. The molecule has 6 nitrogen and oxygen atoms in total. The van der Waals surface area contributed by atoms with E-state index in [1.165, 1.54) is 35.6 Å². The van der Waals surface area contributed by atoms with Crippen LogP contribution in [0.4, 0.5) is 5.69 Å². The van der Waals surface area contributed by atoms with Crippen LogP contribution in [-0.4, -0.2) is 22.5 Å². The summed E-state index contributed by atoms with van der Waals surface area (Å²) >= 11 is 1.45. The molecule has 2 aromatic rings. The number of non-ortho nitro benzene ring substituents is 1. The lowest BCUT2D eigenvalue weighted by Crippen LogP contribution is -2.38. The number of carbonyl (C=O) groups excluding carboxylic acids is 1. The van der Waals surface area contributed by atoms with Gasteiger partial charge in [-0.05, 0) is 35.4 Å². The van der Waals surface area contributed by atoms with Crippen molar-refractivity contribution in [3.8, 4) is 0 Å². The molecule has 0 saturated carbocycles. The summed E-state index contributed by atoms with van der Waals surface area (Å²) in [7, 11) is 0. The number of nitro groups is 1. The molecule has 1 unspecified atom stereocenters. The van der Waals surface area contributed by atoms with Crippen LogP contribution in [0.5, 0.6) is 0 Å². The molecule has 0 aliphatic rings. The van der Waals surface area contributed by atoms with Gasteiger partial charge >= 0.3 is 0 Å². The minimum Gasteiger partial charge on any atom is -0.384 e. The monoisotopic (exact) mass is 306 g/mol. The molecule has 1 atom stereocenters. The Morgan fingerprint density at radius 2 is 2.24 bits per heavy atom. The van der Waals surface area contributed by atoms with Crippen LogP contribution in [0.3, 0.4) is 0 Å². The van der Waals surface area contributed by atoms with Gasteiger partial charge in [0.1, 0.15) is 5.60 Å². The quantitative estimate of drug-likeness (QED) is 0.655. The molecule has 0 radical (unpaired) electrons. The summed E-state index contributed by atoms with van der Waals surface area (Å²) < 4.78 is 0. The highest BCUT2D eigenvalue weighted by Crippen LogP contribution is 2.22. The average Bonchev–Trinajstić information content (AvgIpc) is 3.00. The first kappa shape index (κ1) is 15.1. The second kappa shape index (κ2) is 6.02. The Morgan fingerprint density at radius 1 is 1.48 bits per heavy atom. The Hall–Kier alpha value is -2.25. The summed E-state index contributed by atoms with van der Waals surface area (Å²) in [6, 6.07) is 7.24. The Morgan fingerprint density at radius 3 is 2.86 bits per heavy atom. The average molecular weight is 306 g/mol. The van der Waals surface area contributed by atoms with Crippen molar-refractivity contribution in [2.24, 2.45) is 0 Å². The van der Waals surface area contributed by atoms with E-state index in [1.807, 2.05) is 5.38 Å². The predicted molar refractivity (Wildman–Crippen MR) is 79.3 cm³/mol. The maximum absolute atomic E-state index is 12.0. The van der Waals surface area contributed by atoms with E-state index in [1.54, 1.807) is 18.4 Å². The van der Waals surface area contributed by atoms with E-state index in [9.17, 15) is 20.0 Å². The molecule has 1 aromatic heterocycles. The first-order chi connectivity index (χ1) is 9.90. The zero-order valence-electron chi connectivity index (χ0n) is 11.3. The molecule has 7 heteroatoms. The van der Waals surface area contributed by atoms with E-state index in [4.69, 9.17) is 0 Å². The molecule has 1 heterocycles. The first-order valence-corrected chi connectivity index (χ1v) is 7.12. The molecule has 0 aliphatic carbocycles. The molecule has 1 amide bonds. The molecule has 21 heavy (non-hydrogen) atoms. The third kappa shape index (κ3) is 3.65. The minimum absolute atomic E-state index is 0.0191. The number of hydrogen-bond donors (Lipinski definition) is 2. The molecule has 0 saturated heterocycles. The largest absolute Gasteiger partial charge is 0.384 e. The normalized spacial score (nSPS) is 13.4. The van der Waals surface area contributed by atoms with Gasteiger partial charge in [-0.3, -0.25) is 14.9 Å². The van der Waals surface area contributed by atoms with Crippen LogP contribution in [0, 0.1) is 10.1 Å². The predicted octanol–water partition coefficient (Wildman–Crippen LogP) is 2.29. The van der Waals surface area contributed by atoms with Crippen molar-refractivity contribution in [2.75, 3.05) is 6.54 Å². The number of rotatable bonds is 5. The number of carbonyl (C=O) groups is 1. The second-order valence-electron chi connectivity index (χ2n) is 4.78. The Kier molecular flexibility index (Phi) is 4.35. The van der Waals surface area contributed by atoms with Crippen LogP contribution < -0.4 is 5.32 Å². The van der Waals surface area contributed by atoms with Gasteiger partial charge < -0.3 is 10.4 Å². The third-order valence-electron chi connectivity index (χ3n) is 3.06. The summed E-state index contributed by atoms with van der Waals surface area (Å²) in [6.45, 7) is 1.62. The fourth-order valence-corrected chi connectivity index (χ4v) is 2.57. The molecule has 1 aromatic carbocycles. The number of nitrogens with zero attached hydrogens (tertiary/aromatic N) is 1. The van der Waals surface area contributed by atoms with Gasteiger partial charge in [0.25, 0.3) is 11.6 Å². The lowest BCUT2D eigenvalue weighted by Gasteiger charge is -2.22. The molecule has 0 bridgehead atoms. The van der Waals surface area contributed by atoms with Gasteiger partial charge in [-0.2, -0.15) is 11.3 Å². The van der Waals surface area contributed by atoms with E-state index < -0.39 is 16.4 Å². The second-order valence-corrected chi connectivity index (χ2v) is 5.56. The van der Waals surface area contributed by atoms with Crippen molar-refractivity contribution in [1.82, 2.24) is 5.32 Å². The zero-order chi connectivity index (χ0) is 15.5. The highest BCUT2D eigenvalue weighted by molar-refractivity contribution is 7.08. The first-order valence-electron chi connectivity index (χ1n) is 6.18. The number of nitrogens with one attached hydrogen (secondary N) is 1. The third-order valence-corrected chi connectivity index (χ3v) is 3.74. The van der Waals surface area contributed by atoms with Crippen molar-refractivity contribution >= 4 is 22.9 Å². The number of aliphatic hydroxyl groups is 1. The van der Waals surface area contributed by atoms with Gasteiger partial charge in [0, 0.05) is 17.7 Å². The summed E-state index contributed by atoms with van der Waals surface area (Å²) in [6.07, 6.45) is 0. The van der Waals surface area contributed by atoms with Gasteiger partial charge in [-0.15, -0.1) is 0 Å². The minimum atomic E-state index is -1.18. The van der Waals surface area contributed by atoms with Crippen LogP contribution in [0.15, 0.2) is 41.1 Å². The van der Waals surface area contributed by atoms with Crippen LogP contribution in [0.2, 0.25) is 0 Å². The molecular formula is C14H14N2O4S. The highest BCUT2D eigenvalue weighted by Gasteiger charge is 2.24. The number of thiophene rings is 1. The highest BCUT2D eigenvalue weighted by atomic mass is 32.1. The van der Waals surface area contributed by atoms with Crippen LogP contribution in [-0.2, 0) is 5.60 Å². The van der Waals surface area contributed by atoms with E-state index in [0.717, 1.165) is 0 Å². The van der Waals surface area contributed by atoms with Crippen LogP contribution in [0.25, 0.3) is 0 Å². The smallest absolute Gasteiger partial charge is 0.270 e. The van der Waals surface area contributed by atoms with Crippen LogP contribution in [0.1, 0.15) is 22.8 Å². The molecule has 0 aliphatic heterocycles. The van der Waals surface area contributed by atoms with Gasteiger partial charge in [0.15, 0.2) is 0 Å². The molecular weight excluding hydrogens is 292 g/mol. The van der Waals surface area contributed by atoms with Crippen LogP contribution >= 0.6 is 11.3 Å². The Labute approximate surface area is 125 Å². The van der Waals surface area contributed by atoms with E-state index >= 15 is 0 Å². The standard InChI is InChI=1S/C14H14N2O4S/c1-14(18,11-5-6-21-8-11)9-15-13(17)10-3-2-4-12(7-10)16(19)20/h2-8,18H,9H2,1H3,(H,15,17).